The summed E-state index contributed by atoms with van der Waals surface area (Å²) in [4.78, 5) is 0. The van der Waals surface area contributed by atoms with E-state index in [1.165, 1.54) is 0 Å². The van der Waals surface area contributed by atoms with Crippen LogP contribution < -0.4 is 5.32 Å². The lowest BCUT2D eigenvalue weighted by Crippen LogP contribution is -2.50. The third-order valence-corrected chi connectivity index (χ3v) is 2.04. The van der Waals surface area contributed by atoms with Crippen molar-refractivity contribution in [3.63, 3.8) is 0 Å². The van der Waals surface area contributed by atoms with E-state index in [1.807, 2.05) is 0 Å². The van der Waals surface area contributed by atoms with Gasteiger partial charge < -0.3 is 14.8 Å². The molecule has 2 aliphatic rings. The molecule has 0 aromatic carbocycles. The standard InChI is InChI=1S/C7H13NO2/c1-2-9-3-6(1)8-7-4-10-5-7/h6-8H,1-5H2. The van der Waals surface area contributed by atoms with E-state index in [-0.39, 0.29) is 0 Å². The van der Waals surface area contributed by atoms with Crippen molar-refractivity contribution >= 4 is 0 Å². The van der Waals surface area contributed by atoms with Crippen LogP contribution in [0.5, 0.6) is 0 Å². The Morgan fingerprint density at radius 2 is 1.80 bits per heavy atom. The monoisotopic (exact) mass is 143 g/mol. The first-order valence-electron chi connectivity index (χ1n) is 3.87. The fourth-order valence-corrected chi connectivity index (χ4v) is 1.33. The van der Waals surface area contributed by atoms with E-state index in [1.54, 1.807) is 0 Å². The first kappa shape index (κ1) is 6.58. The summed E-state index contributed by atoms with van der Waals surface area (Å²) in [5.41, 5.74) is 0. The molecule has 0 spiro atoms. The van der Waals surface area contributed by atoms with Crippen molar-refractivity contribution < 1.29 is 9.47 Å². The molecule has 0 amide bonds. The van der Waals surface area contributed by atoms with Crippen molar-refractivity contribution in [3.8, 4) is 0 Å². The van der Waals surface area contributed by atoms with Crippen molar-refractivity contribution in [2.75, 3.05) is 26.4 Å². The van der Waals surface area contributed by atoms with Crippen LogP contribution in [0, 0.1) is 0 Å². The number of hydrogen-bond acceptors (Lipinski definition) is 3. The molecule has 0 aromatic rings. The molecular formula is C7H13NO2. The van der Waals surface area contributed by atoms with Crippen LogP contribution in [-0.4, -0.2) is 38.5 Å². The fraction of sp³-hybridized carbons (Fsp3) is 1.00. The number of ether oxygens (including phenoxy) is 2. The molecular weight excluding hydrogens is 130 g/mol. The molecule has 1 atom stereocenters. The zero-order valence-corrected chi connectivity index (χ0v) is 6.01. The fourth-order valence-electron chi connectivity index (χ4n) is 1.33. The van der Waals surface area contributed by atoms with Gasteiger partial charge in [-0.15, -0.1) is 0 Å². The summed E-state index contributed by atoms with van der Waals surface area (Å²) in [6, 6.07) is 1.19. The largest absolute Gasteiger partial charge is 0.380 e. The molecule has 2 saturated heterocycles. The summed E-state index contributed by atoms with van der Waals surface area (Å²) < 4.78 is 10.3. The highest BCUT2D eigenvalue weighted by Gasteiger charge is 2.23. The zero-order valence-electron chi connectivity index (χ0n) is 6.01. The minimum absolute atomic E-state index is 0.592. The Kier molecular flexibility index (Phi) is 1.88. The topological polar surface area (TPSA) is 30.5 Å². The van der Waals surface area contributed by atoms with Gasteiger partial charge >= 0.3 is 0 Å². The molecule has 3 heteroatoms. The first-order chi connectivity index (χ1) is 4.95. The van der Waals surface area contributed by atoms with E-state index in [2.05, 4.69) is 5.32 Å². The van der Waals surface area contributed by atoms with Gasteiger partial charge in [-0.3, -0.25) is 0 Å². The summed E-state index contributed by atoms with van der Waals surface area (Å²) >= 11 is 0. The molecule has 2 aliphatic heterocycles. The smallest absolute Gasteiger partial charge is 0.0643 e. The maximum Gasteiger partial charge on any atom is 0.0643 e. The predicted octanol–water partition coefficient (Wildman–Crippen LogP) is -0.236. The van der Waals surface area contributed by atoms with Crippen LogP contribution in [0.2, 0.25) is 0 Å². The van der Waals surface area contributed by atoms with Gasteiger partial charge in [0.05, 0.1) is 25.9 Å². The van der Waals surface area contributed by atoms with Crippen molar-refractivity contribution in [1.82, 2.24) is 5.32 Å². The van der Waals surface area contributed by atoms with Crippen LogP contribution in [0.15, 0.2) is 0 Å². The summed E-state index contributed by atoms with van der Waals surface area (Å²) in [5, 5.41) is 3.47. The second kappa shape index (κ2) is 2.86. The average Bonchev–Trinajstić information content (AvgIpc) is 2.29. The Morgan fingerprint density at radius 1 is 1.00 bits per heavy atom. The quantitative estimate of drug-likeness (QED) is 0.579. The zero-order chi connectivity index (χ0) is 6.81. The average molecular weight is 143 g/mol. The number of nitrogens with one attached hydrogen (secondary N) is 1. The Morgan fingerprint density at radius 3 is 2.30 bits per heavy atom. The van der Waals surface area contributed by atoms with E-state index in [0.717, 1.165) is 32.8 Å². The van der Waals surface area contributed by atoms with Gasteiger partial charge in [-0.1, -0.05) is 0 Å². The van der Waals surface area contributed by atoms with Crippen LogP contribution in [-0.2, 0) is 9.47 Å². The van der Waals surface area contributed by atoms with E-state index in [4.69, 9.17) is 9.47 Å². The van der Waals surface area contributed by atoms with Crippen LogP contribution >= 0.6 is 0 Å². The molecule has 58 valence electrons. The minimum Gasteiger partial charge on any atom is -0.380 e. The maximum absolute atomic E-state index is 5.22. The van der Waals surface area contributed by atoms with Gasteiger partial charge in [-0.05, 0) is 6.42 Å². The molecule has 0 bridgehead atoms. The lowest BCUT2D eigenvalue weighted by atomic mass is 10.2. The van der Waals surface area contributed by atoms with Gasteiger partial charge in [0.2, 0.25) is 0 Å². The van der Waals surface area contributed by atoms with Crippen molar-refractivity contribution in [1.29, 1.82) is 0 Å². The van der Waals surface area contributed by atoms with E-state index in [9.17, 15) is 0 Å². The lowest BCUT2D eigenvalue weighted by molar-refractivity contribution is -0.0104. The molecule has 2 heterocycles. The summed E-state index contributed by atoms with van der Waals surface area (Å²) in [6.07, 6.45) is 1.16. The van der Waals surface area contributed by atoms with Crippen LogP contribution in [0.1, 0.15) is 6.42 Å². The van der Waals surface area contributed by atoms with Gasteiger partial charge in [0, 0.05) is 12.6 Å². The number of hydrogen-bond donors (Lipinski definition) is 1. The van der Waals surface area contributed by atoms with E-state index in [0.29, 0.717) is 12.1 Å². The SMILES string of the molecule is C1CC(NC2COC2)CO1. The minimum atomic E-state index is 0.592. The molecule has 0 saturated carbocycles. The van der Waals surface area contributed by atoms with Crippen molar-refractivity contribution in [2.45, 2.75) is 18.5 Å². The molecule has 0 aliphatic carbocycles. The molecule has 1 N–H and O–H groups in total. The van der Waals surface area contributed by atoms with Crippen LogP contribution in [0.3, 0.4) is 0 Å². The highest BCUT2D eigenvalue weighted by atomic mass is 16.5. The summed E-state index contributed by atoms with van der Waals surface area (Å²) in [6.45, 7) is 3.58. The first-order valence-corrected chi connectivity index (χ1v) is 3.87. The Hall–Kier alpha value is -0.120. The predicted molar refractivity (Wildman–Crippen MR) is 37.0 cm³/mol. The normalized spacial score (nSPS) is 34.2. The maximum atomic E-state index is 5.22. The van der Waals surface area contributed by atoms with E-state index >= 15 is 0 Å². The Bertz CT molecular complexity index is 108. The molecule has 2 fully saturated rings. The van der Waals surface area contributed by atoms with Gasteiger partial charge in [-0.25, -0.2) is 0 Å². The molecule has 0 aromatic heterocycles. The Balaban J connectivity index is 1.68. The lowest BCUT2D eigenvalue weighted by Gasteiger charge is -2.29. The molecule has 10 heavy (non-hydrogen) atoms. The highest BCUT2D eigenvalue weighted by Crippen LogP contribution is 2.07. The summed E-state index contributed by atoms with van der Waals surface area (Å²) in [5.74, 6) is 0. The Labute approximate surface area is 60.7 Å². The molecule has 2 rings (SSSR count). The van der Waals surface area contributed by atoms with Crippen LogP contribution in [0.4, 0.5) is 0 Å². The van der Waals surface area contributed by atoms with Gasteiger partial charge in [-0.2, -0.15) is 0 Å². The highest BCUT2D eigenvalue weighted by molar-refractivity contribution is 4.80. The third-order valence-electron chi connectivity index (χ3n) is 2.04. The number of rotatable bonds is 2. The van der Waals surface area contributed by atoms with Crippen molar-refractivity contribution in [2.24, 2.45) is 0 Å². The van der Waals surface area contributed by atoms with Gasteiger partial charge in [0.1, 0.15) is 0 Å². The van der Waals surface area contributed by atoms with Gasteiger partial charge in [0.15, 0.2) is 0 Å². The van der Waals surface area contributed by atoms with Gasteiger partial charge in [0.25, 0.3) is 0 Å². The molecule has 1 unspecified atom stereocenters. The second-order valence-corrected chi connectivity index (χ2v) is 2.96. The molecule has 0 radical (unpaired) electrons. The van der Waals surface area contributed by atoms with Crippen LogP contribution in [0.25, 0.3) is 0 Å². The molecule has 3 nitrogen and oxygen atoms in total. The third kappa shape index (κ3) is 1.31. The van der Waals surface area contributed by atoms with Crippen molar-refractivity contribution in [3.05, 3.63) is 0 Å². The summed E-state index contributed by atoms with van der Waals surface area (Å²) in [7, 11) is 0. The second-order valence-electron chi connectivity index (χ2n) is 2.96. The van der Waals surface area contributed by atoms with E-state index < -0.39 is 0 Å².